The van der Waals surface area contributed by atoms with Crippen molar-refractivity contribution < 1.29 is 19.4 Å². The Balaban J connectivity index is 2.80. The van der Waals surface area contributed by atoms with Gasteiger partial charge in [-0.15, -0.1) is 0 Å². The van der Waals surface area contributed by atoms with E-state index in [9.17, 15) is 9.59 Å². The summed E-state index contributed by atoms with van der Waals surface area (Å²) in [6, 6.07) is 7.79. The highest BCUT2D eigenvalue weighted by Gasteiger charge is 2.33. The Bertz CT molecular complexity index is 460. The average Bonchev–Trinajstić information content (AvgIpc) is 2.43. The topological polar surface area (TPSA) is 102 Å². The largest absolute Gasteiger partial charge is 0.480 e. The van der Waals surface area contributed by atoms with E-state index in [1.165, 1.54) is 7.11 Å². The number of methoxy groups -OCH3 is 1. The summed E-state index contributed by atoms with van der Waals surface area (Å²) in [5.74, 6) is -1.65. The quantitative estimate of drug-likeness (QED) is 0.673. The van der Waals surface area contributed by atoms with Crippen molar-refractivity contribution in [1.82, 2.24) is 5.32 Å². The van der Waals surface area contributed by atoms with E-state index in [0.717, 1.165) is 0 Å². The van der Waals surface area contributed by atoms with E-state index >= 15 is 0 Å². The number of nitrogens with two attached hydrogens (primary N) is 1. The Kier molecular flexibility index (Phi) is 5.66. The SMILES string of the molecule is COCCC(NC(=O)C(C)(N)c1ccccc1)C(=O)O. The van der Waals surface area contributed by atoms with E-state index in [4.69, 9.17) is 15.6 Å². The van der Waals surface area contributed by atoms with Gasteiger partial charge in [-0.1, -0.05) is 30.3 Å². The zero-order valence-electron chi connectivity index (χ0n) is 11.6. The molecule has 2 atom stereocenters. The third-order valence-corrected chi connectivity index (χ3v) is 3.06. The molecule has 0 saturated heterocycles. The van der Waals surface area contributed by atoms with Crippen LogP contribution in [0.2, 0.25) is 0 Å². The van der Waals surface area contributed by atoms with Crippen LogP contribution in [0.1, 0.15) is 18.9 Å². The van der Waals surface area contributed by atoms with Gasteiger partial charge in [-0.25, -0.2) is 4.79 Å². The molecule has 1 aromatic carbocycles. The molecule has 0 bridgehead atoms. The van der Waals surface area contributed by atoms with Crippen LogP contribution < -0.4 is 11.1 Å². The van der Waals surface area contributed by atoms with Crippen LogP contribution in [0.4, 0.5) is 0 Å². The number of amides is 1. The van der Waals surface area contributed by atoms with Gasteiger partial charge in [-0.05, 0) is 12.5 Å². The molecule has 0 aliphatic rings. The maximum Gasteiger partial charge on any atom is 0.326 e. The van der Waals surface area contributed by atoms with Gasteiger partial charge < -0.3 is 20.9 Å². The zero-order valence-corrected chi connectivity index (χ0v) is 11.6. The van der Waals surface area contributed by atoms with Gasteiger partial charge in [-0.3, -0.25) is 4.79 Å². The summed E-state index contributed by atoms with van der Waals surface area (Å²) < 4.78 is 4.83. The number of hydrogen-bond donors (Lipinski definition) is 3. The maximum absolute atomic E-state index is 12.2. The van der Waals surface area contributed by atoms with Gasteiger partial charge in [0.05, 0.1) is 0 Å². The van der Waals surface area contributed by atoms with E-state index in [2.05, 4.69) is 5.32 Å². The van der Waals surface area contributed by atoms with E-state index in [1.54, 1.807) is 31.2 Å². The fourth-order valence-electron chi connectivity index (χ4n) is 1.72. The summed E-state index contributed by atoms with van der Waals surface area (Å²) in [6.45, 7) is 1.79. The summed E-state index contributed by atoms with van der Waals surface area (Å²) >= 11 is 0. The van der Waals surface area contributed by atoms with Crippen LogP contribution in [0.25, 0.3) is 0 Å². The lowest BCUT2D eigenvalue weighted by Gasteiger charge is -2.26. The summed E-state index contributed by atoms with van der Waals surface area (Å²) in [4.78, 5) is 23.3. The van der Waals surface area contributed by atoms with Crippen LogP contribution >= 0.6 is 0 Å². The Hall–Kier alpha value is -1.92. The number of aliphatic carboxylic acids is 1. The minimum Gasteiger partial charge on any atom is -0.480 e. The molecule has 0 radical (unpaired) electrons. The number of rotatable bonds is 7. The molecule has 0 saturated carbocycles. The first-order valence-electron chi connectivity index (χ1n) is 6.26. The molecular formula is C14H20N2O4. The Labute approximate surface area is 117 Å². The lowest BCUT2D eigenvalue weighted by molar-refractivity contribution is -0.143. The number of carbonyl (C=O) groups is 2. The number of nitrogens with one attached hydrogen (secondary N) is 1. The van der Waals surface area contributed by atoms with Crippen LogP contribution in [0.5, 0.6) is 0 Å². The number of ether oxygens (including phenoxy) is 1. The number of benzene rings is 1. The van der Waals surface area contributed by atoms with Gasteiger partial charge in [0.1, 0.15) is 11.6 Å². The molecule has 0 aliphatic carbocycles. The molecule has 2 unspecified atom stereocenters. The minimum atomic E-state index is -1.29. The molecule has 0 spiro atoms. The molecule has 1 aromatic rings. The normalized spacial score (nSPS) is 15.2. The molecular weight excluding hydrogens is 260 g/mol. The van der Waals surface area contributed by atoms with Gasteiger partial charge >= 0.3 is 5.97 Å². The Morgan fingerprint density at radius 1 is 1.40 bits per heavy atom. The zero-order chi connectivity index (χ0) is 15.2. The molecule has 0 aromatic heterocycles. The molecule has 6 nitrogen and oxygen atoms in total. The lowest BCUT2D eigenvalue weighted by atomic mass is 9.92. The van der Waals surface area contributed by atoms with E-state index in [1.807, 2.05) is 6.07 Å². The molecule has 0 heterocycles. The summed E-state index contributed by atoms with van der Waals surface area (Å²) in [5, 5.41) is 11.5. The molecule has 110 valence electrons. The van der Waals surface area contributed by atoms with Gasteiger partial charge in [0, 0.05) is 20.1 Å². The molecule has 1 amide bonds. The van der Waals surface area contributed by atoms with Gasteiger partial charge in [-0.2, -0.15) is 0 Å². The number of carbonyl (C=O) groups excluding carboxylic acids is 1. The fourth-order valence-corrected chi connectivity index (χ4v) is 1.72. The molecule has 20 heavy (non-hydrogen) atoms. The average molecular weight is 280 g/mol. The van der Waals surface area contributed by atoms with Crippen LogP contribution in [0.15, 0.2) is 30.3 Å². The van der Waals surface area contributed by atoms with Crippen molar-refractivity contribution in [2.24, 2.45) is 5.73 Å². The second-order valence-electron chi connectivity index (χ2n) is 4.71. The predicted octanol–water partition coefficient (Wildman–Crippen LogP) is 0.466. The maximum atomic E-state index is 12.2. The van der Waals surface area contributed by atoms with E-state index in [0.29, 0.717) is 5.56 Å². The smallest absolute Gasteiger partial charge is 0.326 e. The Morgan fingerprint density at radius 2 is 2.00 bits per heavy atom. The predicted molar refractivity (Wildman–Crippen MR) is 74.0 cm³/mol. The fraction of sp³-hybridized carbons (Fsp3) is 0.429. The highest BCUT2D eigenvalue weighted by Crippen LogP contribution is 2.17. The van der Waals surface area contributed by atoms with Crippen molar-refractivity contribution in [2.45, 2.75) is 24.9 Å². The Morgan fingerprint density at radius 3 is 2.50 bits per heavy atom. The second kappa shape index (κ2) is 7.02. The lowest BCUT2D eigenvalue weighted by Crippen LogP contribution is -2.54. The van der Waals surface area contributed by atoms with Crippen LogP contribution in [0.3, 0.4) is 0 Å². The third kappa shape index (κ3) is 4.04. The summed E-state index contributed by atoms with van der Waals surface area (Å²) in [6.07, 6.45) is 0.183. The van der Waals surface area contributed by atoms with E-state index in [-0.39, 0.29) is 13.0 Å². The summed E-state index contributed by atoms with van der Waals surface area (Å²) in [7, 11) is 1.47. The van der Waals surface area contributed by atoms with Crippen molar-refractivity contribution in [1.29, 1.82) is 0 Å². The third-order valence-electron chi connectivity index (χ3n) is 3.06. The van der Waals surface area contributed by atoms with Crippen LogP contribution in [-0.2, 0) is 19.9 Å². The highest BCUT2D eigenvalue weighted by molar-refractivity contribution is 5.90. The van der Waals surface area contributed by atoms with Gasteiger partial charge in [0.25, 0.3) is 0 Å². The van der Waals surface area contributed by atoms with Gasteiger partial charge in [0.15, 0.2) is 0 Å². The first kappa shape index (κ1) is 16.1. The number of hydrogen-bond acceptors (Lipinski definition) is 4. The standard InChI is InChI=1S/C14H20N2O4/c1-14(15,10-6-4-3-5-7-10)13(19)16-11(12(17)18)8-9-20-2/h3-7,11H,8-9,15H2,1-2H3,(H,16,19)(H,17,18). The van der Waals surface area contributed by atoms with E-state index < -0.39 is 23.5 Å². The van der Waals surface area contributed by atoms with Crippen LogP contribution in [-0.4, -0.2) is 36.7 Å². The molecule has 0 fully saturated rings. The molecule has 4 N–H and O–H groups in total. The molecule has 0 aliphatic heterocycles. The minimum absolute atomic E-state index is 0.183. The first-order chi connectivity index (χ1) is 9.39. The van der Waals surface area contributed by atoms with Crippen molar-refractivity contribution in [3.05, 3.63) is 35.9 Å². The summed E-state index contributed by atoms with van der Waals surface area (Å²) in [5.41, 5.74) is 5.35. The molecule has 1 rings (SSSR count). The van der Waals surface area contributed by atoms with Gasteiger partial charge in [0.2, 0.25) is 5.91 Å². The van der Waals surface area contributed by atoms with Crippen molar-refractivity contribution >= 4 is 11.9 Å². The number of carboxylic acid groups (broad SMARTS) is 1. The molecule has 6 heteroatoms. The van der Waals surface area contributed by atoms with Crippen molar-refractivity contribution in [2.75, 3.05) is 13.7 Å². The van der Waals surface area contributed by atoms with Crippen molar-refractivity contribution in [3.8, 4) is 0 Å². The van der Waals surface area contributed by atoms with Crippen LogP contribution in [0, 0.1) is 0 Å². The van der Waals surface area contributed by atoms with Crippen molar-refractivity contribution in [3.63, 3.8) is 0 Å². The number of carboxylic acids is 1. The second-order valence-corrected chi connectivity index (χ2v) is 4.71. The monoisotopic (exact) mass is 280 g/mol. The highest BCUT2D eigenvalue weighted by atomic mass is 16.5. The first-order valence-corrected chi connectivity index (χ1v) is 6.26.